The van der Waals surface area contributed by atoms with Crippen LogP contribution in [0.2, 0.25) is 0 Å². The van der Waals surface area contributed by atoms with Crippen molar-refractivity contribution in [1.29, 1.82) is 0 Å². The standard InChI is InChI=1S/C26H35N5O2.HI/c1-3-28-26(29-14-12-21-10-7-11-23(16-21)25(33)27-2)30-18-22-17-24(32)31(19-22)15-13-20-8-5-4-6-9-20;/h4-11,16,22H,3,12-15,17-19H2,1-2H3,(H,27,33)(H2,28,29,30);1H. The smallest absolute Gasteiger partial charge is 0.251 e. The molecular weight excluding hydrogens is 541 g/mol. The number of guanidine groups is 1. The van der Waals surface area contributed by atoms with Crippen molar-refractivity contribution in [1.82, 2.24) is 20.9 Å². The molecule has 34 heavy (non-hydrogen) atoms. The summed E-state index contributed by atoms with van der Waals surface area (Å²) < 4.78 is 0. The van der Waals surface area contributed by atoms with Gasteiger partial charge in [-0.1, -0.05) is 42.5 Å². The summed E-state index contributed by atoms with van der Waals surface area (Å²) >= 11 is 0. The molecule has 3 rings (SSSR count). The van der Waals surface area contributed by atoms with E-state index >= 15 is 0 Å². The maximum absolute atomic E-state index is 12.4. The molecule has 1 atom stereocenters. The predicted molar refractivity (Wildman–Crippen MR) is 148 cm³/mol. The summed E-state index contributed by atoms with van der Waals surface area (Å²) in [5.41, 5.74) is 3.01. The van der Waals surface area contributed by atoms with Gasteiger partial charge in [0.05, 0.1) is 0 Å². The first-order chi connectivity index (χ1) is 16.1. The number of halogens is 1. The van der Waals surface area contributed by atoms with Gasteiger partial charge in [0.15, 0.2) is 5.96 Å². The monoisotopic (exact) mass is 577 g/mol. The maximum Gasteiger partial charge on any atom is 0.251 e. The van der Waals surface area contributed by atoms with Crippen LogP contribution in [0.25, 0.3) is 0 Å². The number of hydrogen-bond donors (Lipinski definition) is 3. The zero-order valence-corrected chi connectivity index (χ0v) is 22.4. The lowest BCUT2D eigenvalue weighted by atomic mass is 10.1. The van der Waals surface area contributed by atoms with Gasteiger partial charge in [0.25, 0.3) is 5.91 Å². The van der Waals surface area contributed by atoms with Crippen LogP contribution in [-0.4, -0.2) is 62.4 Å². The molecule has 1 fully saturated rings. The maximum atomic E-state index is 12.4. The van der Waals surface area contributed by atoms with Crippen LogP contribution in [0.4, 0.5) is 0 Å². The van der Waals surface area contributed by atoms with E-state index in [9.17, 15) is 9.59 Å². The number of likely N-dealkylation sites (tertiary alicyclic amines) is 1. The van der Waals surface area contributed by atoms with E-state index in [-0.39, 0.29) is 41.7 Å². The van der Waals surface area contributed by atoms with E-state index in [1.807, 2.05) is 54.3 Å². The van der Waals surface area contributed by atoms with Crippen molar-refractivity contribution in [2.24, 2.45) is 10.9 Å². The van der Waals surface area contributed by atoms with Crippen molar-refractivity contribution in [3.8, 4) is 0 Å². The van der Waals surface area contributed by atoms with Crippen molar-refractivity contribution < 1.29 is 9.59 Å². The van der Waals surface area contributed by atoms with Crippen LogP contribution in [0, 0.1) is 5.92 Å². The first-order valence-electron chi connectivity index (χ1n) is 11.7. The number of hydrogen-bond acceptors (Lipinski definition) is 3. The Hall–Kier alpha value is -2.62. The van der Waals surface area contributed by atoms with Gasteiger partial charge < -0.3 is 20.9 Å². The number of aliphatic imine (C=N–C) groups is 1. The number of carbonyl (C=O) groups excluding carboxylic acids is 2. The van der Waals surface area contributed by atoms with E-state index in [1.54, 1.807) is 7.05 Å². The largest absolute Gasteiger partial charge is 0.357 e. The number of amides is 2. The molecule has 0 aliphatic carbocycles. The molecule has 0 spiro atoms. The highest BCUT2D eigenvalue weighted by atomic mass is 127. The summed E-state index contributed by atoms with van der Waals surface area (Å²) in [5, 5.41) is 9.30. The van der Waals surface area contributed by atoms with Gasteiger partial charge in [0, 0.05) is 57.7 Å². The van der Waals surface area contributed by atoms with Crippen LogP contribution in [0.1, 0.15) is 34.8 Å². The lowest BCUT2D eigenvalue weighted by Gasteiger charge is -2.16. The molecule has 0 radical (unpaired) electrons. The topological polar surface area (TPSA) is 85.8 Å². The van der Waals surface area contributed by atoms with Crippen LogP contribution in [0.15, 0.2) is 59.6 Å². The molecule has 1 aliphatic heterocycles. The molecular formula is C26H36IN5O2. The number of nitrogens with one attached hydrogen (secondary N) is 3. The van der Waals surface area contributed by atoms with E-state index in [2.05, 4.69) is 28.1 Å². The van der Waals surface area contributed by atoms with Gasteiger partial charge >= 0.3 is 0 Å². The number of benzene rings is 2. The minimum Gasteiger partial charge on any atom is -0.357 e. The summed E-state index contributed by atoms with van der Waals surface area (Å²) in [5.74, 6) is 1.15. The zero-order valence-electron chi connectivity index (χ0n) is 20.0. The molecule has 8 heteroatoms. The molecule has 1 heterocycles. The Morgan fingerprint density at radius 2 is 1.82 bits per heavy atom. The molecule has 2 aromatic carbocycles. The summed E-state index contributed by atoms with van der Waals surface area (Å²) in [7, 11) is 1.64. The number of rotatable bonds is 10. The Morgan fingerprint density at radius 1 is 1.06 bits per heavy atom. The minimum atomic E-state index is -0.0800. The average Bonchev–Trinajstić information content (AvgIpc) is 3.20. The van der Waals surface area contributed by atoms with E-state index in [1.165, 1.54) is 5.56 Å². The predicted octanol–water partition coefficient (Wildman–Crippen LogP) is 2.85. The molecule has 0 aromatic heterocycles. The minimum absolute atomic E-state index is 0. The molecule has 0 saturated carbocycles. The Labute approximate surface area is 219 Å². The molecule has 3 N–H and O–H groups in total. The van der Waals surface area contributed by atoms with Crippen molar-refractivity contribution in [2.75, 3.05) is 39.8 Å². The molecule has 1 unspecified atom stereocenters. The molecule has 1 aliphatic rings. The Balaban J connectivity index is 0.00000408. The fourth-order valence-electron chi connectivity index (χ4n) is 4.00. The van der Waals surface area contributed by atoms with Gasteiger partial charge in [0.1, 0.15) is 0 Å². The van der Waals surface area contributed by atoms with Gasteiger partial charge in [0.2, 0.25) is 5.91 Å². The fourth-order valence-corrected chi connectivity index (χ4v) is 4.00. The summed E-state index contributed by atoms with van der Waals surface area (Å²) in [6.45, 7) is 5.65. The quantitative estimate of drug-likeness (QED) is 0.231. The third-order valence-electron chi connectivity index (χ3n) is 5.78. The Kier molecular flexibility index (Phi) is 11.9. The number of nitrogens with zero attached hydrogens (tertiary/aromatic N) is 2. The second-order valence-electron chi connectivity index (χ2n) is 8.32. The fraction of sp³-hybridized carbons (Fsp3) is 0.423. The summed E-state index contributed by atoms with van der Waals surface area (Å²) in [4.78, 5) is 30.9. The van der Waals surface area contributed by atoms with Crippen molar-refractivity contribution in [2.45, 2.75) is 26.2 Å². The van der Waals surface area contributed by atoms with E-state index in [0.29, 0.717) is 25.1 Å². The van der Waals surface area contributed by atoms with Crippen LogP contribution < -0.4 is 16.0 Å². The highest BCUT2D eigenvalue weighted by Gasteiger charge is 2.29. The molecule has 1 saturated heterocycles. The van der Waals surface area contributed by atoms with Gasteiger partial charge in [-0.3, -0.25) is 14.6 Å². The van der Waals surface area contributed by atoms with Crippen LogP contribution in [0.5, 0.6) is 0 Å². The third kappa shape index (κ3) is 8.62. The van der Waals surface area contributed by atoms with Crippen LogP contribution in [-0.2, 0) is 17.6 Å². The van der Waals surface area contributed by atoms with Crippen molar-refractivity contribution in [3.05, 3.63) is 71.3 Å². The van der Waals surface area contributed by atoms with E-state index in [0.717, 1.165) is 44.0 Å². The SMILES string of the molecule is CCNC(=NCC1CC(=O)N(CCc2ccccc2)C1)NCCc1cccc(C(=O)NC)c1.I. The van der Waals surface area contributed by atoms with Gasteiger partial charge in [-0.2, -0.15) is 0 Å². The second-order valence-corrected chi connectivity index (χ2v) is 8.32. The lowest BCUT2D eigenvalue weighted by Crippen LogP contribution is -2.38. The van der Waals surface area contributed by atoms with E-state index in [4.69, 9.17) is 4.99 Å². The van der Waals surface area contributed by atoms with Gasteiger partial charge in [-0.15, -0.1) is 24.0 Å². The highest BCUT2D eigenvalue weighted by molar-refractivity contribution is 14.0. The van der Waals surface area contributed by atoms with Gasteiger partial charge in [-0.25, -0.2) is 0 Å². The first-order valence-corrected chi connectivity index (χ1v) is 11.7. The van der Waals surface area contributed by atoms with Gasteiger partial charge in [-0.05, 0) is 43.0 Å². The van der Waals surface area contributed by atoms with Crippen LogP contribution in [0.3, 0.4) is 0 Å². The van der Waals surface area contributed by atoms with E-state index < -0.39 is 0 Å². The highest BCUT2D eigenvalue weighted by Crippen LogP contribution is 2.18. The van der Waals surface area contributed by atoms with Crippen LogP contribution >= 0.6 is 24.0 Å². The molecule has 7 nitrogen and oxygen atoms in total. The van der Waals surface area contributed by atoms with Crippen molar-refractivity contribution >= 4 is 41.8 Å². The Bertz CT molecular complexity index is 951. The average molecular weight is 578 g/mol. The molecule has 2 amide bonds. The number of carbonyl (C=O) groups is 2. The zero-order chi connectivity index (χ0) is 23.5. The summed E-state index contributed by atoms with van der Waals surface area (Å²) in [6.07, 6.45) is 2.22. The lowest BCUT2D eigenvalue weighted by molar-refractivity contribution is -0.127. The molecule has 184 valence electrons. The molecule has 0 bridgehead atoms. The first kappa shape index (κ1) is 27.6. The summed E-state index contributed by atoms with van der Waals surface area (Å²) in [6, 6.07) is 17.9. The normalized spacial score (nSPS) is 15.6. The van der Waals surface area contributed by atoms with Crippen molar-refractivity contribution in [3.63, 3.8) is 0 Å². The Morgan fingerprint density at radius 3 is 2.56 bits per heavy atom. The molecule has 2 aromatic rings. The second kappa shape index (κ2) is 14.6. The third-order valence-corrected chi connectivity index (χ3v) is 5.78.